The molecule has 0 radical (unpaired) electrons. The van der Waals surface area contributed by atoms with Crippen LogP contribution in [0.25, 0.3) is 0 Å². The lowest BCUT2D eigenvalue weighted by molar-refractivity contribution is 0.00982. The first-order valence-corrected chi connectivity index (χ1v) is 10.5. The van der Waals surface area contributed by atoms with Crippen molar-refractivity contribution in [3.05, 3.63) is 35.4 Å². The molecule has 1 aromatic carbocycles. The second kappa shape index (κ2) is 9.32. The second-order valence-electron chi connectivity index (χ2n) is 8.42. The summed E-state index contributed by atoms with van der Waals surface area (Å²) in [6.45, 7) is 14.0. The van der Waals surface area contributed by atoms with Gasteiger partial charge in [-0.1, -0.05) is 24.3 Å². The second-order valence-corrected chi connectivity index (χ2v) is 8.42. The van der Waals surface area contributed by atoms with E-state index in [-0.39, 0.29) is 6.61 Å². The summed E-state index contributed by atoms with van der Waals surface area (Å²) >= 11 is 0. The third kappa shape index (κ3) is 4.86. The fraction of sp³-hybridized carbons (Fsp3) is 0.727. The largest absolute Gasteiger partial charge is 0.396 e. The van der Waals surface area contributed by atoms with Gasteiger partial charge in [-0.3, -0.25) is 9.80 Å². The van der Waals surface area contributed by atoms with Gasteiger partial charge in [-0.15, -0.1) is 0 Å². The number of hydrogen-bond donors (Lipinski definition) is 1. The fourth-order valence-corrected chi connectivity index (χ4v) is 4.65. The average Bonchev–Trinajstić information content (AvgIpc) is 2.65. The number of rotatable bonds is 6. The van der Waals surface area contributed by atoms with E-state index in [1.54, 1.807) is 0 Å². The Hall–Kier alpha value is -0.940. The van der Waals surface area contributed by atoms with Gasteiger partial charge < -0.3 is 10.0 Å². The molecule has 0 aromatic heterocycles. The third-order valence-corrected chi connectivity index (χ3v) is 6.48. The Balaban J connectivity index is 1.58. The van der Waals surface area contributed by atoms with Crippen molar-refractivity contribution < 1.29 is 5.11 Å². The number of benzene rings is 1. The van der Waals surface area contributed by atoms with Gasteiger partial charge in [0.15, 0.2) is 0 Å². The van der Waals surface area contributed by atoms with Crippen molar-refractivity contribution in [1.82, 2.24) is 14.7 Å². The Kier molecular flexibility index (Phi) is 7.10. The summed E-state index contributed by atoms with van der Waals surface area (Å²) in [4.78, 5) is 7.92. The Labute approximate surface area is 159 Å². The number of aryl methyl sites for hydroxylation is 1. The molecule has 2 heterocycles. The van der Waals surface area contributed by atoms with E-state index in [9.17, 15) is 5.11 Å². The number of piperidine rings is 1. The normalized spacial score (nSPS) is 24.4. The fourth-order valence-electron chi connectivity index (χ4n) is 4.65. The van der Waals surface area contributed by atoms with Crippen LogP contribution in [0, 0.1) is 6.92 Å². The molecule has 1 atom stereocenters. The van der Waals surface area contributed by atoms with Crippen LogP contribution >= 0.6 is 0 Å². The van der Waals surface area contributed by atoms with Crippen molar-refractivity contribution in [2.45, 2.75) is 64.7 Å². The van der Waals surface area contributed by atoms with Gasteiger partial charge in [0.05, 0.1) is 0 Å². The molecule has 1 aromatic rings. The molecule has 1 N–H and O–H groups in total. The van der Waals surface area contributed by atoms with Crippen LogP contribution in [0.15, 0.2) is 24.3 Å². The van der Waals surface area contributed by atoms with Gasteiger partial charge in [0.25, 0.3) is 0 Å². The van der Waals surface area contributed by atoms with E-state index in [4.69, 9.17) is 0 Å². The molecule has 2 aliphatic heterocycles. The van der Waals surface area contributed by atoms with E-state index in [0.717, 1.165) is 32.1 Å². The predicted molar refractivity (Wildman–Crippen MR) is 108 cm³/mol. The van der Waals surface area contributed by atoms with Gasteiger partial charge in [-0.25, -0.2) is 0 Å². The van der Waals surface area contributed by atoms with Crippen LogP contribution in [0.2, 0.25) is 0 Å². The highest BCUT2D eigenvalue weighted by Crippen LogP contribution is 2.24. The number of aliphatic hydroxyl groups excluding tert-OH is 1. The summed E-state index contributed by atoms with van der Waals surface area (Å²) in [6, 6.07) is 10.6. The quantitative estimate of drug-likeness (QED) is 0.846. The Morgan fingerprint density at radius 2 is 1.81 bits per heavy atom. The van der Waals surface area contributed by atoms with Gasteiger partial charge in [-0.05, 0) is 64.3 Å². The molecule has 4 heteroatoms. The number of hydrogen-bond acceptors (Lipinski definition) is 4. The van der Waals surface area contributed by atoms with Gasteiger partial charge in [-0.2, -0.15) is 0 Å². The minimum atomic E-state index is 0.286. The molecule has 146 valence electrons. The predicted octanol–water partition coefficient (Wildman–Crippen LogP) is 2.74. The maximum absolute atomic E-state index is 9.60. The van der Waals surface area contributed by atoms with Gasteiger partial charge >= 0.3 is 0 Å². The van der Waals surface area contributed by atoms with Gasteiger partial charge in [0.1, 0.15) is 0 Å². The third-order valence-electron chi connectivity index (χ3n) is 6.48. The van der Waals surface area contributed by atoms with Crippen molar-refractivity contribution in [1.29, 1.82) is 0 Å². The van der Waals surface area contributed by atoms with Crippen LogP contribution in [0.5, 0.6) is 0 Å². The van der Waals surface area contributed by atoms with Crippen LogP contribution in [-0.4, -0.2) is 77.3 Å². The number of nitrogens with zero attached hydrogens (tertiary/aromatic N) is 3. The number of piperazine rings is 1. The molecular formula is C22H37N3O. The topological polar surface area (TPSA) is 30.0 Å². The summed E-state index contributed by atoms with van der Waals surface area (Å²) in [5.41, 5.74) is 2.80. The van der Waals surface area contributed by atoms with E-state index in [0.29, 0.717) is 12.1 Å². The molecule has 0 aliphatic carbocycles. The molecule has 26 heavy (non-hydrogen) atoms. The highest BCUT2D eigenvalue weighted by molar-refractivity contribution is 5.25. The van der Waals surface area contributed by atoms with Crippen molar-refractivity contribution in [3.63, 3.8) is 0 Å². The molecule has 2 aliphatic rings. The van der Waals surface area contributed by atoms with Gasteiger partial charge in [0, 0.05) is 50.9 Å². The minimum Gasteiger partial charge on any atom is -0.396 e. The maximum Gasteiger partial charge on any atom is 0.0446 e. The average molecular weight is 360 g/mol. The monoisotopic (exact) mass is 359 g/mol. The van der Waals surface area contributed by atoms with Gasteiger partial charge in [0.2, 0.25) is 0 Å². The molecule has 0 bridgehead atoms. The lowest BCUT2D eigenvalue weighted by atomic mass is 9.98. The standard InChI is InChI=1S/C22H37N3O/c1-18(2)23-11-8-21(9-12-23)25-14-13-24(22(17-25)10-15-26)16-20-7-5-4-6-19(20)3/h4-7,18,21-22,26H,8-17H2,1-3H3/t22-/m1/s1. The van der Waals surface area contributed by atoms with Crippen LogP contribution in [0.4, 0.5) is 0 Å². The molecule has 0 unspecified atom stereocenters. The minimum absolute atomic E-state index is 0.286. The number of aliphatic hydroxyl groups is 1. The molecule has 0 spiro atoms. The lowest BCUT2D eigenvalue weighted by Crippen LogP contribution is -2.57. The van der Waals surface area contributed by atoms with Crippen LogP contribution in [0.1, 0.15) is 44.2 Å². The summed E-state index contributed by atoms with van der Waals surface area (Å²) in [5.74, 6) is 0. The van der Waals surface area contributed by atoms with E-state index >= 15 is 0 Å². The molecule has 4 nitrogen and oxygen atoms in total. The Morgan fingerprint density at radius 1 is 1.08 bits per heavy atom. The SMILES string of the molecule is Cc1ccccc1CN1CCN(C2CCN(C(C)C)CC2)C[C@H]1CCO. The summed E-state index contributed by atoms with van der Waals surface area (Å²) in [5, 5.41) is 9.60. The van der Waals surface area contributed by atoms with Crippen molar-refractivity contribution in [2.24, 2.45) is 0 Å². The van der Waals surface area contributed by atoms with Crippen LogP contribution in [0.3, 0.4) is 0 Å². The summed E-state index contributed by atoms with van der Waals surface area (Å²) in [7, 11) is 0. The molecule has 2 fully saturated rings. The first kappa shape index (κ1) is 19.8. The summed E-state index contributed by atoms with van der Waals surface area (Å²) in [6.07, 6.45) is 3.47. The zero-order chi connectivity index (χ0) is 18.5. The smallest absolute Gasteiger partial charge is 0.0446 e. The maximum atomic E-state index is 9.60. The van der Waals surface area contributed by atoms with Crippen molar-refractivity contribution in [3.8, 4) is 0 Å². The first-order chi connectivity index (χ1) is 12.6. The van der Waals surface area contributed by atoms with Crippen molar-refractivity contribution in [2.75, 3.05) is 39.3 Å². The highest BCUT2D eigenvalue weighted by atomic mass is 16.3. The molecule has 3 rings (SSSR count). The Bertz CT molecular complexity index is 554. The lowest BCUT2D eigenvalue weighted by Gasteiger charge is -2.47. The van der Waals surface area contributed by atoms with E-state index in [1.807, 2.05) is 0 Å². The highest BCUT2D eigenvalue weighted by Gasteiger charge is 2.32. The van der Waals surface area contributed by atoms with E-state index in [1.165, 1.54) is 43.6 Å². The molecule has 0 saturated carbocycles. The van der Waals surface area contributed by atoms with E-state index in [2.05, 4.69) is 59.7 Å². The number of likely N-dealkylation sites (tertiary alicyclic amines) is 1. The van der Waals surface area contributed by atoms with Crippen molar-refractivity contribution >= 4 is 0 Å². The van der Waals surface area contributed by atoms with E-state index < -0.39 is 0 Å². The molecule has 2 saturated heterocycles. The summed E-state index contributed by atoms with van der Waals surface area (Å²) < 4.78 is 0. The van der Waals surface area contributed by atoms with Crippen LogP contribution < -0.4 is 0 Å². The molecule has 0 amide bonds. The first-order valence-electron chi connectivity index (χ1n) is 10.5. The zero-order valence-corrected chi connectivity index (χ0v) is 16.9. The molecular weight excluding hydrogens is 322 g/mol. The van der Waals surface area contributed by atoms with Crippen LogP contribution in [-0.2, 0) is 6.54 Å². The zero-order valence-electron chi connectivity index (χ0n) is 16.9. The Morgan fingerprint density at radius 3 is 2.46 bits per heavy atom.